The average Bonchev–Trinajstić information content (AvgIpc) is 3.49. The molecule has 1 saturated heterocycles. The quantitative estimate of drug-likeness (QED) is 0.484. The van der Waals surface area contributed by atoms with Crippen LogP contribution in [0, 0.1) is 0 Å². The van der Waals surface area contributed by atoms with Gasteiger partial charge in [0.1, 0.15) is 11.0 Å². The number of ether oxygens (including phenoxy) is 1. The summed E-state index contributed by atoms with van der Waals surface area (Å²) >= 11 is 3.41. The van der Waals surface area contributed by atoms with Crippen LogP contribution in [0.5, 0.6) is 0 Å². The minimum Gasteiger partial charge on any atom is -0.377 e. The molecule has 4 rings (SSSR count). The topological polar surface area (TPSA) is 105 Å². The van der Waals surface area contributed by atoms with E-state index in [1.165, 1.54) is 0 Å². The minimum absolute atomic E-state index is 0.144. The molecule has 4 heterocycles. The standard InChI is InChI=1S/C20H25BrN8O2/c1-4-13-11-28(3)26-16(13)19(30)27(2)8-9-31-12-14-6-5-7-29(14)20-22-10-15-17(23-20)18(21)25-24-15/h4,10-11,14H,1,5-9,12H2,2-3H3,(H,24,25)/t14-/m1/s1. The SMILES string of the molecule is C=Cc1cn(C)nc1C(=O)N(C)CCOC[C@H]1CCCN1c1ncc2[nH]nc(Br)c2n1. The summed E-state index contributed by atoms with van der Waals surface area (Å²) in [5.74, 6) is 0.536. The Morgan fingerprint density at radius 2 is 2.35 bits per heavy atom. The summed E-state index contributed by atoms with van der Waals surface area (Å²) in [6.45, 7) is 6.10. The summed E-state index contributed by atoms with van der Waals surface area (Å²) in [6, 6.07) is 0.201. The van der Waals surface area contributed by atoms with Crippen molar-refractivity contribution < 1.29 is 9.53 Å². The van der Waals surface area contributed by atoms with Crippen molar-refractivity contribution in [3.63, 3.8) is 0 Å². The molecule has 1 atom stereocenters. The fourth-order valence-electron chi connectivity index (χ4n) is 3.71. The number of aryl methyl sites for hydroxylation is 1. The molecule has 1 amide bonds. The van der Waals surface area contributed by atoms with E-state index in [0.29, 0.717) is 36.0 Å². The van der Waals surface area contributed by atoms with Crippen molar-refractivity contribution in [3.8, 4) is 0 Å². The maximum atomic E-state index is 12.6. The Hall–Kier alpha value is -2.79. The summed E-state index contributed by atoms with van der Waals surface area (Å²) in [5, 5.41) is 11.2. The zero-order chi connectivity index (χ0) is 22.0. The van der Waals surface area contributed by atoms with Crippen molar-refractivity contribution in [2.75, 3.05) is 38.3 Å². The third-order valence-corrected chi connectivity index (χ3v) is 5.94. The van der Waals surface area contributed by atoms with Gasteiger partial charge < -0.3 is 14.5 Å². The monoisotopic (exact) mass is 488 g/mol. The number of carbonyl (C=O) groups is 1. The van der Waals surface area contributed by atoms with Crippen molar-refractivity contribution in [3.05, 3.63) is 34.8 Å². The lowest BCUT2D eigenvalue weighted by Crippen LogP contribution is -2.36. The molecule has 11 heteroatoms. The van der Waals surface area contributed by atoms with Gasteiger partial charge in [-0.1, -0.05) is 12.7 Å². The first-order chi connectivity index (χ1) is 15.0. The van der Waals surface area contributed by atoms with E-state index < -0.39 is 0 Å². The third kappa shape index (κ3) is 4.47. The number of nitrogens with zero attached hydrogens (tertiary/aromatic N) is 7. The molecular weight excluding hydrogens is 464 g/mol. The van der Waals surface area contributed by atoms with Crippen LogP contribution in [0.15, 0.2) is 23.6 Å². The van der Waals surface area contributed by atoms with Crippen LogP contribution in [0.1, 0.15) is 28.9 Å². The number of halogens is 1. The Morgan fingerprint density at radius 3 is 3.16 bits per heavy atom. The van der Waals surface area contributed by atoms with Crippen molar-refractivity contribution in [1.82, 2.24) is 34.8 Å². The van der Waals surface area contributed by atoms with Crippen LogP contribution in [-0.2, 0) is 11.8 Å². The molecule has 0 unspecified atom stereocenters. The smallest absolute Gasteiger partial charge is 0.274 e. The molecule has 31 heavy (non-hydrogen) atoms. The number of fused-ring (bicyclic) bond motifs is 1. The molecule has 1 N–H and O–H groups in total. The number of rotatable bonds is 8. The van der Waals surface area contributed by atoms with Gasteiger partial charge in [0.15, 0.2) is 10.3 Å². The summed E-state index contributed by atoms with van der Waals surface area (Å²) in [7, 11) is 3.54. The number of carbonyl (C=O) groups excluding carboxylic acids is 1. The third-order valence-electron chi connectivity index (χ3n) is 5.39. The molecule has 0 radical (unpaired) electrons. The van der Waals surface area contributed by atoms with E-state index in [9.17, 15) is 4.79 Å². The molecule has 164 valence electrons. The highest BCUT2D eigenvalue weighted by Crippen LogP contribution is 2.26. The second-order valence-electron chi connectivity index (χ2n) is 7.55. The second-order valence-corrected chi connectivity index (χ2v) is 8.30. The molecule has 0 saturated carbocycles. The number of anilines is 1. The largest absolute Gasteiger partial charge is 0.377 e. The number of likely N-dealkylation sites (N-methyl/N-ethyl adjacent to an activating group) is 1. The van der Waals surface area contributed by atoms with Crippen molar-refractivity contribution in [1.29, 1.82) is 0 Å². The van der Waals surface area contributed by atoms with Crippen molar-refractivity contribution in [2.45, 2.75) is 18.9 Å². The zero-order valence-corrected chi connectivity index (χ0v) is 19.2. The van der Waals surface area contributed by atoms with Crippen LogP contribution >= 0.6 is 15.9 Å². The van der Waals surface area contributed by atoms with Gasteiger partial charge in [-0.25, -0.2) is 9.97 Å². The number of amides is 1. The molecule has 0 bridgehead atoms. The first kappa shape index (κ1) is 21.4. The predicted octanol–water partition coefficient (Wildman–Crippen LogP) is 2.25. The maximum Gasteiger partial charge on any atom is 0.274 e. The summed E-state index contributed by atoms with van der Waals surface area (Å²) in [4.78, 5) is 25.6. The molecule has 1 aliphatic heterocycles. The molecule has 3 aromatic rings. The number of H-pyrrole nitrogens is 1. The Morgan fingerprint density at radius 1 is 1.52 bits per heavy atom. The van der Waals surface area contributed by atoms with Crippen LogP contribution in [0.2, 0.25) is 0 Å². The maximum absolute atomic E-state index is 12.6. The first-order valence-corrected chi connectivity index (χ1v) is 10.9. The normalized spacial score (nSPS) is 16.2. The number of aromatic amines is 1. The Bertz CT molecular complexity index is 1090. The van der Waals surface area contributed by atoms with E-state index >= 15 is 0 Å². The summed E-state index contributed by atoms with van der Waals surface area (Å²) in [6.07, 6.45) is 7.24. The van der Waals surface area contributed by atoms with Gasteiger partial charge in [-0.05, 0) is 28.8 Å². The zero-order valence-electron chi connectivity index (χ0n) is 17.6. The lowest BCUT2D eigenvalue weighted by atomic mass is 10.2. The number of nitrogens with one attached hydrogen (secondary N) is 1. The van der Waals surface area contributed by atoms with E-state index in [-0.39, 0.29) is 11.9 Å². The van der Waals surface area contributed by atoms with Crippen LogP contribution in [0.4, 0.5) is 5.95 Å². The molecule has 0 aliphatic carbocycles. The van der Waals surface area contributed by atoms with Crippen LogP contribution in [0.3, 0.4) is 0 Å². The van der Waals surface area contributed by atoms with Gasteiger partial charge in [0.05, 0.1) is 25.5 Å². The Kier molecular flexibility index (Phi) is 6.33. The predicted molar refractivity (Wildman–Crippen MR) is 121 cm³/mol. The highest BCUT2D eigenvalue weighted by Gasteiger charge is 2.27. The molecule has 1 fully saturated rings. The van der Waals surface area contributed by atoms with E-state index in [1.807, 2.05) is 0 Å². The van der Waals surface area contributed by atoms with Gasteiger partial charge in [0.25, 0.3) is 5.91 Å². The van der Waals surface area contributed by atoms with Gasteiger partial charge in [-0.2, -0.15) is 10.2 Å². The van der Waals surface area contributed by atoms with Crippen LogP contribution < -0.4 is 4.90 Å². The fraction of sp³-hybridized carbons (Fsp3) is 0.450. The fourth-order valence-corrected chi connectivity index (χ4v) is 4.10. The molecule has 0 spiro atoms. The van der Waals surface area contributed by atoms with Gasteiger partial charge in [0.2, 0.25) is 5.95 Å². The van der Waals surface area contributed by atoms with E-state index in [4.69, 9.17) is 4.74 Å². The van der Waals surface area contributed by atoms with Crippen molar-refractivity contribution >= 4 is 44.9 Å². The molecule has 0 aromatic carbocycles. The lowest BCUT2D eigenvalue weighted by Gasteiger charge is -2.25. The van der Waals surface area contributed by atoms with E-state index in [1.54, 1.807) is 42.1 Å². The van der Waals surface area contributed by atoms with Crippen LogP contribution in [0.25, 0.3) is 17.1 Å². The highest BCUT2D eigenvalue weighted by atomic mass is 79.9. The Balaban J connectivity index is 1.31. The second kappa shape index (κ2) is 9.15. The van der Waals surface area contributed by atoms with Gasteiger partial charge in [0, 0.05) is 38.9 Å². The van der Waals surface area contributed by atoms with Gasteiger partial charge in [-0.3, -0.25) is 14.6 Å². The van der Waals surface area contributed by atoms with Crippen LogP contribution in [-0.4, -0.2) is 80.1 Å². The number of aromatic nitrogens is 6. The van der Waals surface area contributed by atoms with Gasteiger partial charge in [-0.15, -0.1) is 0 Å². The highest BCUT2D eigenvalue weighted by molar-refractivity contribution is 9.10. The van der Waals surface area contributed by atoms with E-state index in [2.05, 4.69) is 52.7 Å². The van der Waals surface area contributed by atoms with E-state index in [0.717, 1.165) is 36.0 Å². The first-order valence-electron chi connectivity index (χ1n) is 10.1. The van der Waals surface area contributed by atoms with Crippen molar-refractivity contribution in [2.24, 2.45) is 7.05 Å². The van der Waals surface area contributed by atoms with Gasteiger partial charge >= 0.3 is 0 Å². The lowest BCUT2D eigenvalue weighted by molar-refractivity contribution is 0.0671. The molecule has 3 aromatic heterocycles. The molecule has 1 aliphatic rings. The number of hydrogen-bond acceptors (Lipinski definition) is 7. The minimum atomic E-state index is -0.144. The summed E-state index contributed by atoms with van der Waals surface area (Å²) in [5.41, 5.74) is 2.69. The molecule has 10 nitrogen and oxygen atoms in total. The Labute approximate surface area is 188 Å². The average molecular weight is 489 g/mol. The summed E-state index contributed by atoms with van der Waals surface area (Å²) < 4.78 is 8.21. The number of hydrogen-bond donors (Lipinski definition) is 1. The molecular formula is C20H25BrN8O2.